The molecule has 5 rings (SSSR count). The number of nitrogens with zero attached hydrogens (tertiary/aromatic N) is 6. The van der Waals surface area contributed by atoms with E-state index in [1.165, 1.54) is 0 Å². The van der Waals surface area contributed by atoms with Gasteiger partial charge < -0.3 is 26.4 Å². The lowest BCUT2D eigenvalue weighted by Crippen LogP contribution is -2.51. The third kappa shape index (κ3) is 5.40. The van der Waals surface area contributed by atoms with Gasteiger partial charge in [-0.25, -0.2) is 4.98 Å². The highest BCUT2D eigenvalue weighted by Gasteiger charge is 2.38. The second-order valence-electron chi connectivity index (χ2n) is 10.5. The monoisotopic (exact) mass is 505 g/mol. The first-order valence-corrected chi connectivity index (χ1v) is 12.7. The Kier molecular flexibility index (Phi) is 6.54. The first-order valence-electron chi connectivity index (χ1n) is 12.7. The zero-order valence-corrected chi connectivity index (χ0v) is 20.8. The number of amides is 2. The number of anilines is 2. The largest absolute Gasteiger partial charge is 0.463 e. The van der Waals surface area contributed by atoms with Gasteiger partial charge in [-0.2, -0.15) is 20.2 Å². The maximum atomic E-state index is 13.0. The Morgan fingerprint density at radius 1 is 1.22 bits per heavy atom. The van der Waals surface area contributed by atoms with Gasteiger partial charge >= 0.3 is 6.01 Å². The fourth-order valence-electron chi connectivity index (χ4n) is 4.87. The highest BCUT2D eigenvalue weighted by atomic mass is 16.5. The average molecular weight is 506 g/mol. The van der Waals surface area contributed by atoms with Crippen LogP contribution in [-0.4, -0.2) is 57.0 Å². The molecule has 3 heterocycles. The molecule has 37 heavy (non-hydrogen) atoms. The molecule has 2 atom stereocenters. The van der Waals surface area contributed by atoms with Gasteiger partial charge in [0.15, 0.2) is 5.69 Å². The van der Waals surface area contributed by atoms with Gasteiger partial charge in [-0.1, -0.05) is 0 Å². The summed E-state index contributed by atoms with van der Waals surface area (Å²) in [5.74, 6) is -0.326. The third-order valence-corrected chi connectivity index (χ3v) is 7.57. The average Bonchev–Trinajstić information content (AvgIpc) is 3.65. The van der Waals surface area contributed by atoms with Gasteiger partial charge in [0.25, 0.3) is 11.8 Å². The molecule has 2 aliphatic carbocycles. The van der Waals surface area contributed by atoms with Crippen LogP contribution in [0, 0.1) is 23.2 Å². The fraction of sp³-hybridized carbons (Fsp3) is 0.560. The van der Waals surface area contributed by atoms with Gasteiger partial charge in [-0.15, -0.1) is 0 Å². The Hall–Kier alpha value is -4.01. The SMILES string of the molecule is CC1(NC(=O)c2nc(OC[C@H]3CC3C#N)nc(N3CCC(c4ccc(N)c(C(N)=O)n4)CC3)n2)CCC1. The molecule has 12 heteroatoms. The van der Waals surface area contributed by atoms with Crippen LogP contribution in [0.4, 0.5) is 11.6 Å². The van der Waals surface area contributed by atoms with Crippen LogP contribution in [0.2, 0.25) is 0 Å². The summed E-state index contributed by atoms with van der Waals surface area (Å²) >= 11 is 0. The predicted octanol–water partition coefficient (Wildman–Crippen LogP) is 1.54. The van der Waals surface area contributed by atoms with Crippen LogP contribution >= 0.6 is 0 Å². The molecule has 194 valence electrons. The summed E-state index contributed by atoms with van der Waals surface area (Å²) in [5, 5.41) is 12.1. The van der Waals surface area contributed by atoms with Crippen molar-refractivity contribution in [2.24, 2.45) is 17.6 Å². The van der Waals surface area contributed by atoms with Crippen molar-refractivity contribution in [3.63, 3.8) is 0 Å². The van der Waals surface area contributed by atoms with Crippen LogP contribution < -0.4 is 26.4 Å². The molecule has 0 bridgehead atoms. The Morgan fingerprint density at radius 3 is 2.59 bits per heavy atom. The minimum absolute atomic E-state index is 0.00121. The standard InChI is InChI=1S/C25H31N9O3/c1-25(7-2-8-25)33-22(36)21-30-23(32-24(31-21)37-13-16-11-15(16)12-26)34-9-5-14(6-10-34)18-4-3-17(27)19(29-18)20(28)35/h3-4,14-16H,2,5-11,13,27H2,1H3,(H2,28,35)(H,33,36)/t15?,16-/m1/s1. The Bertz CT molecular complexity index is 1250. The van der Waals surface area contributed by atoms with Crippen molar-refractivity contribution in [2.75, 3.05) is 30.3 Å². The van der Waals surface area contributed by atoms with Crippen LogP contribution in [0.15, 0.2) is 12.1 Å². The molecule has 0 spiro atoms. The molecule has 3 fully saturated rings. The lowest BCUT2D eigenvalue weighted by atomic mass is 9.78. The number of nitriles is 1. The first kappa shape index (κ1) is 24.7. The van der Waals surface area contributed by atoms with Crippen LogP contribution in [0.1, 0.15) is 78.2 Å². The third-order valence-electron chi connectivity index (χ3n) is 7.57. The molecule has 0 radical (unpaired) electrons. The molecule has 2 saturated carbocycles. The summed E-state index contributed by atoms with van der Waals surface area (Å²) in [6, 6.07) is 5.82. The van der Waals surface area contributed by atoms with Crippen LogP contribution in [0.25, 0.3) is 0 Å². The van der Waals surface area contributed by atoms with E-state index in [0.717, 1.165) is 44.2 Å². The maximum absolute atomic E-state index is 13.0. The van der Waals surface area contributed by atoms with E-state index in [0.29, 0.717) is 25.6 Å². The van der Waals surface area contributed by atoms with Crippen LogP contribution in [0.3, 0.4) is 0 Å². The Morgan fingerprint density at radius 2 is 1.97 bits per heavy atom. The smallest absolute Gasteiger partial charge is 0.321 e. The molecule has 0 aromatic carbocycles. The molecular formula is C25H31N9O3. The molecule has 2 amide bonds. The van der Waals surface area contributed by atoms with Crippen molar-refractivity contribution in [3.05, 3.63) is 29.3 Å². The highest BCUT2D eigenvalue weighted by Crippen LogP contribution is 2.38. The number of carbonyl (C=O) groups excluding carboxylic acids is 2. The van der Waals surface area contributed by atoms with Crippen molar-refractivity contribution in [3.8, 4) is 12.1 Å². The van der Waals surface area contributed by atoms with E-state index in [2.05, 4.69) is 31.3 Å². The molecule has 1 saturated heterocycles. The van der Waals surface area contributed by atoms with E-state index >= 15 is 0 Å². The van der Waals surface area contributed by atoms with E-state index in [-0.39, 0.29) is 52.4 Å². The van der Waals surface area contributed by atoms with E-state index < -0.39 is 5.91 Å². The molecule has 2 aromatic rings. The summed E-state index contributed by atoms with van der Waals surface area (Å²) in [4.78, 5) is 44.3. The topological polar surface area (TPSA) is 186 Å². The second-order valence-corrected chi connectivity index (χ2v) is 10.5. The van der Waals surface area contributed by atoms with Crippen molar-refractivity contribution < 1.29 is 14.3 Å². The Labute approximate surface area is 214 Å². The number of rotatable bonds is 8. The summed E-state index contributed by atoms with van der Waals surface area (Å²) in [6.45, 7) is 3.57. The van der Waals surface area contributed by atoms with Crippen LogP contribution in [-0.2, 0) is 0 Å². The van der Waals surface area contributed by atoms with Gasteiger partial charge in [0, 0.05) is 36.2 Å². The quantitative estimate of drug-likeness (QED) is 0.475. The zero-order valence-electron chi connectivity index (χ0n) is 20.8. The summed E-state index contributed by atoms with van der Waals surface area (Å²) in [6.07, 6.45) is 5.19. The van der Waals surface area contributed by atoms with Gasteiger partial charge in [0.05, 0.1) is 24.3 Å². The number of carbonyl (C=O) groups is 2. The molecule has 1 unspecified atom stereocenters. The molecule has 2 aromatic heterocycles. The minimum atomic E-state index is -0.650. The van der Waals surface area contributed by atoms with Crippen molar-refractivity contribution in [1.82, 2.24) is 25.3 Å². The molecule has 3 aliphatic rings. The van der Waals surface area contributed by atoms with Gasteiger partial charge in [0.2, 0.25) is 11.8 Å². The summed E-state index contributed by atoms with van der Waals surface area (Å²) in [5.41, 5.74) is 12.1. The highest BCUT2D eigenvalue weighted by molar-refractivity contribution is 5.95. The van der Waals surface area contributed by atoms with Crippen molar-refractivity contribution in [1.29, 1.82) is 5.26 Å². The lowest BCUT2D eigenvalue weighted by Gasteiger charge is -2.38. The number of nitrogens with one attached hydrogen (secondary N) is 1. The van der Waals surface area contributed by atoms with Gasteiger partial charge in [-0.05, 0) is 57.6 Å². The van der Waals surface area contributed by atoms with E-state index in [1.807, 2.05) is 17.9 Å². The Balaban J connectivity index is 1.31. The lowest BCUT2D eigenvalue weighted by molar-refractivity contribution is 0.0837. The van der Waals surface area contributed by atoms with Gasteiger partial charge in [0.1, 0.15) is 0 Å². The number of nitrogen functional groups attached to an aromatic ring is 1. The van der Waals surface area contributed by atoms with Crippen molar-refractivity contribution in [2.45, 2.75) is 56.9 Å². The number of ether oxygens (including phenoxy) is 1. The van der Waals surface area contributed by atoms with Gasteiger partial charge in [-0.3, -0.25) is 9.59 Å². The second kappa shape index (κ2) is 9.80. The predicted molar refractivity (Wildman–Crippen MR) is 134 cm³/mol. The van der Waals surface area contributed by atoms with E-state index in [4.69, 9.17) is 21.5 Å². The fourth-order valence-corrected chi connectivity index (χ4v) is 4.87. The number of nitrogens with two attached hydrogens (primary N) is 2. The first-order chi connectivity index (χ1) is 17.7. The van der Waals surface area contributed by atoms with E-state index in [9.17, 15) is 9.59 Å². The molecule has 12 nitrogen and oxygen atoms in total. The molecule has 5 N–H and O–H groups in total. The molecule has 1 aliphatic heterocycles. The number of piperidine rings is 1. The number of primary amides is 1. The number of hydrogen-bond acceptors (Lipinski definition) is 10. The minimum Gasteiger partial charge on any atom is -0.463 e. The maximum Gasteiger partial charge on any atom is 0.321 e. The summed E-state index contributed by atoms with van der Waals surface area (Å²) < 4.78 is 5.81. The summed E-state index contributed by atoms with van der Waals surface area (Å²) in [7, 11) is 0. The zero-order chi connectivity index (χ0) is 26.2. The number of pyridine rings is 1. The normalized spacial score (nSPS) is 22.4. The number of aromatic nitrogens is 4. The van der Waals surface area contributed by atoms with Crippen LogP contribution in [0.5, 0.6) is 6.01 Å². The van der Waals surface area contributed by atoms with E-state index in [1.54, 1.807) is 6.07 Å². The van der Waals surface area contributed by atoms with Crippen molar-refractivity contribution >= 4 is 23.5 Å². The number of hydrogen-bond donors (Lipinski definition) is 3. The molecular weight excluding hydrogens is 474 g/mol.